The molecule has 86 valence electrons. The van der Waals surface area contributed by atoms with Crippen LogP contribution in [-0.2, 0) is 4.79 Å². The Kier molecular flexibility index (Phi) is 20.2. The molecule has 0 fully saturated rings. The molecule has 0 rings (SSSR count). The van der Waals surface area contributed by atoms with Gasteiger partial charge in [0.2, 0.25) is 0 Å². The highest BCUT2D eigenvalue weighted by Crippen LogP contribution is 1.95. The van der Waals surface area contributed by atoms with Crippen LogP contribution in [0.25, 0.3) is 0 Å². The first-order chi connectivity index (χ1) is 6.57. The van der Waals surface area contributed by atoms with Crippen LogP contribution < -0.4 is 0 Å². The summed E-state index contributed by atoms with van der Waals surface area (Å²) in [6.45, 7) is 19.5. The van der Waals surface area contributed by atoms with E-state index in [2.05, 4.69) is 38.8 Å². The van der Waals surface area contributed by atoms with Crippen LogP contribution in [0.5, 0.6) is 0 Å². The van der Waals surface area contributed by atoms with Gasteiger partial charge in [0.15, 0.2) is 0 Å². The van der Waals surface area contributed by atoms with Crippen molar-refractivity contribution in [3.63, 3.8) is 0 Å². The molecule has 0 saturated heterocycles. The van der Waals surface area contributed by atoms with E-state index in [1.807, 2.05) is 13.8 Å². The van der Waals surface area contributed by atoms with Crippen LogP contribution in [0, 0.1) is 0 Å². The Morgan fingerprint density at radius 3 is 1.71 bits per heavy atom. The van der Waals surface area contributed by atoms with Crippen molar-refractivity contribution in [3.05, 3.63) is 13.2 Å². The van der Waals surface area contributed by atoms with Crippen LogP contribution in [0.15, 0.2) is 13.2 Å². The number of hydrogen-bond acceptors (Lipinski definition) is 2. The molecule has 0 radical (unpaired) electrons. The van der Waals surface area contributed by atoms with E-state index in [0.717, 1.165) is 6.54 Å². The van der Waals surface area contributed by atoms with Gasteiger partial charge in [-0.05, 0) is 27.3 Å². The van der Waals surface area contributed by atoms with E-state index in [-0.39, 0.29) is 5.78 Å². The Morgan fingerprint density at radius 1 is 1.29 bits per heavy atom. The van der Waals surface area contributed by atoms with Gasteiger partial charge in [-0.2, -0.15) is 0 Å². The van der Waals surface area contributed by atoms with Crippen molar-refractivity contribution in [2.75, 3.05) is 13.1 Å². The molecular formula is C12H27NO. The molecule has 0 saturated carbocycles. The number of ketones is 1. The summed E-state index contributed by atoms with van der Waals surface area (Å²) in [5.74, 6) is 0.246. The molecule has 0 aliphatic carbocycles. The molecule has 14 heavy (non-hydrogen) atoms. The molecule has 0 amide bonds. The van der Waals surface area contributed by atoms with Gasteiger partial charge in [0.05, 0.1) is 6.54 Å². The molecule has 2 heteroatoms. The van der Waals surface area contributed by atoms with Gasteiger partial charge >= 0.3 is 0 Å². The smallest absolute Gasteiger partial charge is 0.143 e. The lowest BCUT2D eigenvalue weighted by Gasteiger charge is -2.22. The number of carbonyl (C=O) groups is 1. The van der Waals surface area contributed by atoms with Crippen LogP contribution in [-0.4, -0.2) is 29.8 Å². The number of rotatable bonds is 4. The highest BCUT2D eigenvalue weighted by Gasteiger charge is 2.07. The zero-order chi connectivity index (χ0) is 12.1. The van der Waals surface area contributed by atoms with Crippen LogP contribution in [0.3, 0.4) is 0 Å². The zero-order valence-electron chi connectivity index (χ0n) is 10.8. The summed E-state index contributed by atoms with van der Waals surface area (Å²) in [4.78, 5) is 12.8. The second-order valence-electron chi connectivity index (χ2n) is 2.86. The summed E-state index contributed by atoms with van der Waals surface area (Å²) >= 11 is 0. The van der Waals surface area contributed by atoms with Gasteiger partial charge in [-0.25, -0.2) is 0 Å². The van der Waals surface area contributed by atoms with Crippen molar-refractivity contribution in [2.45, 2.75) is 47.6 Å². The molecule has 0 bridgehead atoms. The fraction of sp³-hybridized carbons (Fsp3) is 0.750. The monoisotopic (exact) mass is 201 g/mol. The van der Waals surface area contributed by atoms with Gasteiger partial charge < -0.3 is 0 Å². The third-order valence-electron chi connectivity index (χ3n) is 1.56. The topological polar surface area (TPSA) is 20.3 Å². The Labute approximate surface area is 90.0 Å². The van der Waals surface area contributed by atoms with E-state index >= 15 is 0 Å². The second kappa shape index (κ2) is 14.9. The number of likely N-dealkylation sites (N-methyl/N-ethyl adjacent to an activating group) is 1. The minimum Gasteiger partial charge on any atom is -0.299 e. The maximum Gasteiger partial charge on any atom is 0.143 e. The minimum absolute atomic E-state index is 0.246. The van der Waals surface area contributed by atoms with Crippen molar-refractivity contribution in [1.82, 2.24) is 4.90 Å². The van der Waals surface area contributed by atoms with Crippen molar-refractivity contribution < 1.29 is 4.79 Å². The van der Waals surface area contributed by atoms with Crippen molar-refractivity contribution in [3.8, 4) is 0 Å². The molecule has 0 aromatic rings. The summed E-state index contributed by atoms with van der Waals surface area (Å²) < 4.78 is 0. The van der Waals surface area contributed by atoms with Gasteiger partial charge in [-0.3, -0.25) is 9.69 Å². The lowest BCUT2D eigenvalue weighted by molar-refractivity contribution is -0.118. The Bertz CT molecular complexity index is 121. The number of carbonyl (C=O) groups excluding carboxylic acids is 1. The molecule has 0 heterocycles. The first-order valence-corrected chi connectivity index (χ1v) is 5.31. The Morgan fingerprint density at radius 2 is 1.64 bits per heavy atom. The van der Waals surface area contributed by atoms with Crippen LogP contribution in [0.2, 0.25) is 0 Å². The van der Waals surface area contributed by atoms with Gasteiger partial charge in [0.25, 0.3) is 0 Å². The molecule has 0 aliphatic rings. The molecular weight excluding hydrogens is 174 g/mol. The molecule has 2 nitrogen and oxygen atoms in total. The predicted molar refractivity (Wildman–Crippen MR) is 65.7 cm³/mol. The molecule has 0 unspecified atom stereocenters. The van der Waals surface area contributed by atoms with E-state index in [1.165, 1.54) is 0 Å². The lowest BCUT2D eigenvalue weighted by atomic mass is 10.3. The fourth-order valence-electron chi connectivity index (χ4n) is 0.946. The average molecular weight is 201 g/mol. The van der Waals surface area contributed by atoms with E-state index < -0.39 is 0 Å². The summed E-state index contributed by atoms with van der Waals surface area (Å²) in [7, 11) is 0. The lowest BCUT2D eigenvalue weighted by Crippen LogP contribution is -2.34. The number of nitrogens with zero attached hydrogens (tertiary/aromatic N) is 1. The highest BCUT2D eigenvalue weighted by atomic mass is 16.1. The highest BCUT2D eigenvalue weighted by molar-refractivity contribution is 5.77. The van der Waals surface area contributed by atoms with E-state index in [1.54, 1.807) is 6.92 Å². The van der Waals surface area contributed by atoms with E-state index in [9.17, 15) is 4.79 Å². The molecule has 0 spiro atoms. The summed E-state index contributed by atoms with van der Waals surface area (Å²) in [5, 5.41) is 0. The summed E-state index contributed by atoms with van der Waals surface area (Å²) in [5.41, 5.74) is 0. The second-order valence-corrected chi connectivity index (χ2v) is 2.86. The van der Waals surface area contributed by atoms with Crippen LogP contribution >= 0.6 is 0 Å². The molecule has 0 N–H and O–H groups in total. The molecule has 0 aliphatic heterocycles. The van der Waals surface area contributed by atoms with Gasteiger partial charge in [-0.15, -0.1) is 13.2 Å². The minimum atomic E-state index is 0.246. The normalized spacial score (nSPS) is 8.57. The first kappa shape index (κ1) is 19.0. The SMILES string of the molecule is C=C.CC.CCN(CC(C)=O)C(C)C. The number of hydrogen-bond donors (Lipinski definition) is 0. The van der Waals surface area contributed by atoms with Gasteiger partial charge in [0.1, 0.15) is 5.78 Å². The standard InChI is InChI=1S/C8H17NO.C2H6.C2H4/c1-5-9(7(2)3)6-8(4)10;2*1-2/h7H,5-6H2,1-4H3;1-2H3;1-2H2. The third kappa shape index (κ3) is 13.9. The van der Waals surface area contributed by atoms with E-state index in [0.29, 0.717) is 12.6 Å². The maximum atomic E-state index is 10.7. The van der Waals surface area contributed by atoms with Crippen molar-refractivity contribution >= 4 is 5.78 Å². The maximum absolute atomic E-state index is 10.7. The Balaban J connectivity index is -0.000000266. The largest absolute Gasteiger partial charge is 0.299 e. The predicted octanol–water partition coefficient (Wildman–Crippen LogP) is 3.13. The third-order valence-corrected chi connectivity index (χ3v) is 1.56. The fourth-order valence-corrected chi connectivity index (χ4v) is 0.946. The number of Topliss-reactive ketones (excluding diaryl/α,β-unsaturated/α-hetero) is 1. The van der Waals surface area contributed by atoms with E-state index in [4.69, 9.17) is 0 Å². The quantitative estimate of drug-likeness (QED) is 0.651. The van der Waals surface area contributed by atoms with Crippen molar-refractivity contribution in [2.24, 2.45) is 0 Å². The van der Waals surface area contributed by atoms with Crippen LogP contribution in [0.4, 0.5) is 0 Å². The zero-order valence-corrected chi connectivity index (χ0v) is 10.8. The molecule has 0 atom stereocenters. The van der Waals surface area contributed by atoms with Crippen molar-refractivity contribution in [1.29, 1.82) is 0 Å². The molecule has 0 aromatic heterocycles. The van der Waals surface area contributed by atoms with Gasteiger partial charge in [0, 0.05) is 6.04 Å². The van der Waals surface area contributed by atoms with Gasteiger partial charge in [-0.1, -0.05) is 20.8 Å². The average Bonchev–Trinajstić information content (AvgIpc) is 2.19. The Hall–Kier alpha value is -0.630. The summed E-state index contributed by atoms with van der Waals surface area (Å²) in [6, 6.07) is 0.480. The summed E-state index contributed by atoms with van der Waals surface area (Å²) in [6.07, 6.45) is 0. The van der Waals surface area contributed by atoms with Crippen LogP contribution in [0.1, 0.15) is 41.5 Å². The molecule has 0 aromatic carbocycles. The first-order valence-electron chi connectivity index (χ1n) is 5.31.